The van der Waals surface area contributed by atoms with E-state index in [1.807, 2.05) is 41.8 Å². The third-order valence-electron chi connectivity index (χ3n) is 3.92. The zero-order valence-electron chi connectivity index (χ0n) is 12.3. The Balaban J connectivity index is 1.81. The second-order valence-corrected chi connectivity index (χ2v) is 6.33. The normalized spacial score (nSPS) is 16.4. The van der Waals surface area contributed by atoms with Crippen molar-refractivity contribution in [2.24, 2.45) is 0 Å². The van der Waals surface area contributed by atoms with Crippen LogP contribution < -0.4 is 4.90 Å². The van der Waals surface area contributed by atoms with Crippen molar-refractivity contribution in [3.8, 4) is 0 Å². The van der Waals surface area contributed by atoms with Crippen molar-refractivity contribution in [1.82, 2.24) is 0 Å². The Morgan fingerprint density at radius 2 is 2.09 bits per heavy atom. The second kappa shape index (κ2) is 6.32. The monoisotopic (exact) mass is 315 g/mol. The quantitative estimate of drug-likeness (QED) is 0.815. The van der Waals surface area contributed by atoms with Gasteiger partial charge in [-0.15, -0.1) is 11.3 Å². The number of rotatable bonds is 4. The van der Waals surface area contributed by atoms with Crippen LogP contribution in [0.4, 0.5) is 5.69 Å². The van der Waals surface area contributed by atoms with Crippen LogP contribution in [0.2, 0.25) is 0 Å². The molecule has 22 heavy (non-hydrogen) atoms. The Bertz CT molecular complexity index is 681. The van der Waals surface area contributed by atoms with E-state index in [4.69, 9.17) is 4.74 Å². The standard InChI is InChI=1S/C17H17NO3S/c1-21-17(20)9-12-11-18(15-7-3-2-6-14(12)15)16(19)10-13-5-4-8-22-13/h2-8,12H,9-11H2,1H3. The highest BCUT2D eigenvalue weighted by Crippen LogP contribution is 2.38. The van der Waals surface area contributed by atoms with Crippen LogP contribution in [0.3, 0.4) is 0 Å². The van der Waals surface area contributed by atoms with Gasteiger partial charge in [-0.3, -0.25) is 9.59 Å². The third-order valence-corrected chi connectivity index (χ3v) is 4.79. The zero-order valence-corrected chi connectivity index (χ0v) is 13.1. The molecule has 1 unspecified atom stereocenters. The van der Waals surface area contributed by atoms with Crippen molar-refractivity contribution in [2.45, 2.75) is 18.8 Å². The third kappa shape index (κ3) is 2.90. The molecule has 0 fully saturated rings. The molecular weight excluding hydrogens is 298 g/mol. The van der Waals surface area contributed by atoms with Crippen LogP contribution in [0, 0.1) is 0 Å². The van der Waals surface area contributed by atoms with E-state index in [2.05, 4.69) is 0 Å². The Morgan fingerprint density at radius 3 is 2.82 bits per heavy atom. The predicted octanol–water partition coefficient (Wildman–Crippen LogP) is 2.98. The molecule has 1 aromatic carbocycles. The number of ether oxygens (including phenoxy) is 1. The van der Waals surface area contributed by atoms with Crippen LogP contribution in [0.15, 0.2) is 41.8 Å². The predicted molar refractivity (Wildman–Crippen MR) is 86.2 cm³/mol. The minimum Gasteiger partial charge on any atom is -0.469 e. The van der Waals surface area contributed by atoms with Gasteiger partial charge >= 0.3 is 5.97 Å². The van der Waals surface area contributed by atoms with Gasteiger partial charge in [-0.05, 0) is 23.1 Å². The van der Waals surface area contributed by atoms with Crippen LogP contribution >= 0.6 is 11.3 Å². The molecule has 0 saturated carbocycles. The van der Waals surface area contributed by atoms with Crippen LogP contribution in [-0.2, 0) is 20.7 Å². The molecular formula is C17H17NO3S. The first kappa shape index (κ1) is 14.8. The Morgan fingerprint density at radius 1 is 1.27 bits per heavy atom. The minimum absolute atomic E-state index is 0.0101. The van der Waals surface area contributed by atoms with Gasteiger partial charge in [0.1, 0.15) is 0 Å². The fourth-order valence-electron chi connectivity index (χ4n) is 2.85. The number of hydrogen-bond donors (Lipinski definition) is 0. The molecule has 1 aliphatic rings. The lowest BCUT2D eigenvalue weighted by molar-refractivity contribution is -0.141. The summed E-state index contributed by atoms with van der Waals surface area (Å²) in [6.45, 7) is 0.540. The van der Waals surface area contributed by atoms with Crippen molar-refractivity contribution in [3.63, 3.8) is 0 Å². The maximum Gasteiger partial charge on any atom is 0.306 e. The van der Waals surface area contributed by atoms with Gasteiger partial charge in [0.25, 0.3) is 0 Å². The molecule has 1 amide bonds. The number of hydrogen-bond acceptors (Lipinski definition) is 4. The van der Waals surface area contributed by atoms with E-state index >= 15 is 0 Å². The number of anilines is 1. The van der Waals surface area contributed by atoms with E-state index in [0.29, 0.717) is 19.4 Å². The van der Waals surface area contributed by atoms with E-state index in [9.17, 15) is 9.59 Å². The molecule has 0 bridgehead atoms. The largest absolute Gasteiger partial charge is 0.469 e. The minimum atomic E-state index is -0.243. The number of carbonyl (C=O) groups excluding carboxylic acids is 2. The first-order valence-electron chi connectivity index (χ1n) is 7.17. The number of nitrogens with zero attached hydrogens (tertiary/aromatic N) is 1. The van der Waals surface area contributed by atoms with Crippen LogP contribution in [0.1, 0.15) is 22.8 Å². The molecule has 2 heterocycles. The highest BCUT2D eigenvalue weighted by molar-refractivity contribution is 7.10. The fourth-order valence-corrected chi connectivity index (χ4v) is 3.54. The topological polar surface area (TPSA) is 46.6 Å². The lowest BCUT2D eigenvalue weighted by Crippen LogP contribution is -2.31. The van der Waals surface area contributed by atoms with Crippen LogP contribution in [-0.4, -0.2) is 25.5 Å². The van der Waals surface area contributed by atoms with Crippen LogP contribution in [0.5, 0.6) is 0 Å². The van der Waals surface area contributed by atoms with Gasteiger partial charge in [0.05, 0.1) is 20.0 Å². The van der Waals surface area contributed by atoms with Gasteiger partial charge in [0, 0.05) is 23.0 Å². The second-order valence-electron chi connectivity index (χ2n) is 5.30. The van der Waals surface area contributed by atoms with Crippen molar-refractivity contribution in [1.29, 1.82) is 0 Å². The number of amides is 1. The van der Waals surface area contributed by atoms with E-state index in [-0.39, 0.29) is 17.8 Å². The molecule has 0 N–H and O–H groups in total. The van der Waals surface area contributed by atoms with E-state index < -0.39 is 0 Å². The van der Waals surface area contributed by atoms with E-state index in [0.717, 1.165) is 16.1 Å². The number of carbonyl (C=O) groups is 2. The first-order valence-corrected chi connectivity index (χ1v) is 8.05. The summed E-state index contributed by atoms with van der Waals surface area (Å²) in [6.07, 6.45) is 0.702. The summed E-state index contributed by atoms with van der Waals surface area (Å²) >= 11 is 1.58. The van der Waals surface area contributed by atoms with Crippen molar-refractivity contribution < 1.29 is 14.3 Å². The summed E-state index contributed by atoms with van der Waals surface area (Å²) in [5, 5.41) is 1.97. The molecule has 0 radical (unpaired) electrons. The molecule has 5 heteroatoms. The van der Waals surface area contributed by atoms with Crippen molar-refractivity contribution in [2.75, 3.05) is 18.6 Å². The van der Waals surface area contributed by atoms with Gasteiger partial charge in [-0.2, -0.15) is 0 Å². The number of benzene rings is 1. The summed E-state index contributed by atoms with van der Waals surface area (Å²) in [5.74, 6) is -0.162. The molecule has 1 atom stereocenters. The van der Waals surface area contributed by atoms with Crippen LogP contribution in [0.25, 0.3) is 0 Å². The molecule has 2 aromatic rings. The maximum absolute atomic E-state index is 12.6. The lowest BCUT2D eigenvalue weighted by Gasteiger charge is -2.17. The number of fused-ring (bicyclic) bond motifs is 1. The molecule has 1 aliphatic heterocycles. The van der Waals surface area contributed by atoms with E-state index in [1.54, 1.807) is 16.2 Å². The average molecular weight is 315 g/mol. The summed E-state index contributed by atoms with van der Waals surface area (Å²) in [4.78, 5) is 27.0. The van der Waals surface area contributed by atoms with Crippen molar-refractivity contribution >= 4 is 28.9 Å². The zero-order chi connectivity index (χ0) is 15.5. The van der Waals surface area contributed by atoms with Crippen molar-refractivity contribution in [3.05, 3.63) is 52.2 Å². The number of esters is 1. The van der Waals surface area contributed by atoms with E-state index in [1.165, 1.54) is 7.11 Å². The molecule has 0 aliphatic carbocycles. The summed E-state index contributed by atoms with van der Waals surface area (Å²) in [7, 11) is 1.39. The molecule has 0 saturated heterocycles. The fraction of sp³-hybridized carbons (Fsp3) is 0.294. The Kier molecular flexibility index (Phi) is 4.24. The molecule has 3 rings (SSSR count). The Hall–Kier alpha value is -2.14. The lowest BCUT2D eigenvalue weighted by atomic mass is 9.98. The van der Waals surface area contributed by atoms with Gasteiger partial charge in [-0.25, -0.2) is 0 Å². The molecule has 114 valence electrons. The average Bonchev–Trinajstić information content (AvgIpc) is 3.15. The summed E-state index contributed by atoms with van der Waals surface area (Å²) in [6, 6.07) is 11.7. The molecule has 4 nitrogen and oxygen atoms in total. The SMILES string of the molecule is COC(=O)CC1CN(C(=O)Cc2cccs2)c2ccccc21. The molecule has 1 aromatic heterocycles. The highest BCUT2D eigenvalue weighted by Gasteiger charge is 2.33. The van der Waals surface area contributed by atoms with Gasteiger partial charge < -0.3 is 9.64 Å². The molecule has 0 spiro atoms. The summed E-state index contributed by atoms with van der Waals surface area (Å²) < 4.78 is 4.77. The number of methoxy groups -OCH3 is 1. The summed E-state index contributed by atoms with van der Waals surface area (Å²) in [5.41, 5.74) is 1.96. The maximum atomic E-state index is 12.6. The van der Waals surface area contributed by atoms with Gasteiger partial charge in [-0.1, -0.05) is 24.3 Å². The first-order chi connectivity index (χ1) is 10.7. The number of para-hydroxylation sites is 1. The van der Waals surface area contributed by atoms with Gasteiger partial charge in [0.2, 0.25) is 5.91 Å². The highest BCUT2D eigenvalue weighted by atomic mass is 32.1. The number of thiophene rings is 1. The van der Waals surface area contributed by atoms with Gasteiger partial charge in [0.15, 0.2) is 0 Å². The smallest absolute Gasteiger partial charge is 0.306 e. The Labute approximate surface area is 133 Å².